The molecule has 0 bridgehead atoms. The number of para-hydroxylation sites is 2. The van der Waals surface area contributed by atoms with Crippen molar-refractivity contribution in [2.45, 2.75) is 101 Å². The van der Waals surface area contributed by atoms with Crippen molar-refractivity contribution in [3.05, 3.63) is 108 Å². The quantitative estimate of drug-likeness (QED) is 0.0508. The second kappa shape index (κ2) is 23.2. The SMILES string of the molecule is CSCC[C@H](NC(=O)[C@H](CC(C)C)NC(=O)[C@@H](Cc1c[nH]c2ccccc12)NC(=O)[C@H](Cc1ccccc1)NC(=O)[C@@H](Cc1c[nH]c2ccccc12)N(C)C(=O)[C@@H]1CCCCN1)C(N)=O. The van der Waals surface area contributed by atoms with Crippen LogP contribution in [-0.2, 0) is 48.0 Å². The average Bonchev–Trinajstić information content (AvgIpc) is 3.92. The number of H-pyrrole nitrogens is 2. The fourth-order valence-electron chi connectivity index (χ4n) is 8.47. The number of rotatable bonds is 22. The zero-order chi connectivity index (χ0) is 46.5. The number of thioether (sulfide) groups is 1. The molecule has 5 aromatic rings. The largest absolute Gasteiger partial charge is 0.368 e. The van der Waals surface area contributed by atoms with E-state index in [0.717, 1.165) is 51.3 Å². The number of aromatic amines is 2. The highest BCUT2D eigenvalue weighted by atomic mass is 32.2. The lowest BCUT2D eigenvalue weighted by molar-refractivity contribution is -0.142. The Morgan fingerprint density at radius 1 is 0.692 bits per heavy atom. The molecule has 0 unspecified atom stereocenters. The highest BCUT2D eigenvalue weighted by Gasteiger charge is 2.36. The van der Waals surface area contributed by atoms with Crippen molar-refractivity contribution in [2.24, 2.45) is 11.7 Å². The number of piperidine rings is 1. The van der Waals surface area contributed by atoms with E-state index < -0.39 is 65.8 Å². The molecule has 346 valence electrons. The summed E-state index contributed by atoms with van der Waals surface area (Å²) in [6, 6.07) is 18.7. The van der Waals surface area contributed by atoms with Gasteiger partial charge in [0, 0.05) is 60.5 Å². The first kappa shape index (κ1) is 48.3. The van der Waals surface area contributed by atoms with E-state index >= 15 is 0 Å². The summed E-state index contributed by atoms with van der Waals surface area (Å²) in [5.41, 5.74) is 9.72. The summed E-state index contributed by atoms with van der Waals surface area (Å²) in [5.74, 6) is -2.70. The van der Waals surface area contributed by atoms with Crippen LogP contribution in [0.5, 0.6) is 0 Å². The van der Waals surface area contributed by atoms with Gasteiger partial charge < -0.3 is 47.2 Å². The summed E-state index contributed by atoms with van der Waals surface area (Å²) in [7, 11) is 1.63. The number of likely N-dealkylation sites (N-methyl/N-ethyl adjacent to an activating group) is 1. The normalized spacial score (nSPS) is 16.2. The fraction of sp³-hybridized carbons (Fsp3) is 0.429. The van der Waals surface area contributed by atoms with Crippen LogP contribution in [0.4, 0.5) is 0 Å². The number of aromatic nitrogens is 2. The number of fused-ring (bicyclic) bond motifs is 2. The molecule has 16 heteroatoms. The summed E-state index contributed by atoms with van der Waals surface area (Å²) in [5, 5.41) is 16.7. The monoisotopic (exact) mass is 905 g/mol. The van der Waals surface area contributed by atoms with Gasteiger partial charge in [0.1, 0.15) is 30.2 Å². The second-order valence-electron chi connectivity index (χ2n) is 17.3. The lowest BCUT2D eigenvalue weighted by Gasteiger charge is -2.33. The van der Waals surface area contributed by atoms with E-state index in [-0.39, 0.29) is 37.5 Å². The molecule has 9 N–H and O–H groups in total. The Balaban J connectivity index is 1.31. The van der Waals surface area contributed by atoms with Crippen molar-refractivity contribution >= 4 is 69.0 Å². The van der Waals surface area contributed by atoms with Gasteiger partial charge in [-0.15, -0.1) is 0 Å². The molecular formula is C49H63N9O6S. The standard InChI is InChI=1S/C49H63N9O6S/c1-30(2)24-40(45(60)54-38(44(50)59)21-23-65-4)55-47(62)42(26-32-28-52-36-18-10-8-16-34(32)36)56-46(61)41(25-31-14-6-5-7-15-31)57-48(63)43(58(3)49(64)39-20-12-13-22-51-39)27-33-29-53-37-19-11-9-17-35(33)37/h5-11,14-19,28-30,38-43,51-53H,12-13,20-27H2,1-4H3,(H2,50,59)(H,54,60)(H,55,62)(H,56,61)(H,57,63)/t38-,39-,40-,41-,42+,43+/m0/s1. The molecule has 15 nitrogen and oxygen atoms in total. The number of hydrogen-bond acceptors (Lipinski definition) is 8. The van der Waals surface area contributed by atoms with E-state index in [1.807, 2.05) is 105 Å². The van der Waals surface area contributed by atoms with Gasteiger partial charge in [0.2, 0.25) is 35.4 Å². The molecule has 1 aliphatic rings. The minimum absolute atomic E-state index is 0.0347. The Hall–Kier alpha value is -6.13. The third kappa shape index (κ3) is 13.0. The zero-order valence-electron chi connectivity index (χ0n) is 37.7. The first-order valence-electron chi connectivity index (χ1n) is 22.5. The third-order valence-corrected chi connectivity index (χ3v) is 12.7. The molecule has 3 aromatic carbocycles. The van der Waals surface area contributed by atoms with E-state index in [1.54, 1.807) is 13.2 Å². The first-order chi connectivity index (χ1) is 31.3. The van der Waals surface area contributed by atoms with E-state index in [9.17, 15) is 28.8 Å². The van der Waals surface area contributed by atoms with Gasteiger partial charge in [-0.2, -0.15) is 11.8 Å². The predicted octanol–water partition coefficient (Wildman–Crippen LogP) is 3.87. The van der Waals surface area contributed by atoms with Gasteiger partial charge in [-0.3, -0.25) is 28.8 Å². The summed E-state index contributed by atoms with van der Waals surface area (Å²) >= 11 is 1.51. The maximum Gasteiger partial charge on any atom is 0.243 e. The molecule has 0 radical (unpaired) electrons. The van der Waals surface area contributed by atoms with Crippen LogP contribution in [0.15, 0.2) is 91.3 Å². The predicted molar refractivity (Wildman–Crippen MR) is 256 cm³/mol. The van der Waals surface area contributed by atoms with Crippen LogP contribution in [0.3, 0.4) is 0 Å². The van der Waals surface area contributed by atoms with Crippen LogP contribution in [0.2, 0.25) is 0 Å². The van der Waals surface area contributed by atoms with Crippen molar-refractivity contribution < 1.29 is 28.8 Å². The lowest BCUT2D eigenvalue weighted by atomic mass is 9.98. The van der Waals surface area contributed by atoms with Crippen molar-refractivity contribution in [3.63, 3.8) is 0 Å². The number of benzene rings is 3. The summed E-state index contributed by atoms with van der Waals surface area (Å²) < 4.78 is 0. The third-order valence-electron chi connectivity index (χ3n) is 12.1. The molecule has 2 aromatic heterocycles. The Labute approximate surface area is 384 Å². The Morgan fingerprint density at radius 2 is 1.23 bits per heavy atom. The van der Waals surface area contributed by atoms with Gasteiger partial charge in [0.15, 0.2) is 0 Å². The Bertz CT molecular complexity index is 2410. The number of amides is 6. The molecule has 1 fully saturated rings. The van der Waals surface area contributed by atoms with Crippen molar-refractivity contribution in [3.8, 4) is 0 Å². The molecule has 0 saturated carbocycles. The van der Waals surface area contributed by atoms with Gasteiger partial charge in [0.05, 0.1) is 6.04 Å². The number of nitrogens with zero attached hydrogens (tertiary/aromatic N) is 1. The number of nitrogens with one attached hydrogen (secondary N) is 7. The number of hydrogen-bond donors (Lipinski definition) is 8. The molecule has 1 aliphatic heterocycles. The average molecular weight is 906 g/mol. The van der Waals surface area contributed by atoms with Gasteiger partial charge >= 0.3 is 0 Å². The fourth-order valence-corrected chi connectivity index (χ4v) is 8.95. The number of nitrogens with two attached hydrogens (primary N) is 1. The topological polar surface area (TPSA) is 223 Å². The van der Waals surface area contributed by atoms with Gasteiger partial charge in [-0.1, -0.05) is 87.0 Å². The number of carbonyl (C=O) groups excluding carboxylic acids is 6. The van der Waals surface area contributed by atoms with Crippen LogP contribution < -0.4 is 32.3 Å². The van der Waals surface area contributed by atoms with Crippen molar-refractivity contribution in [2.75, 3.05) is 25.6 Å². The lowest BCUT2D eigenvalue weighted by Crippen LogP contribution is -2.60. The van der Waals surface area contributed by atoms with Crippen LogP contribution in [0, 0.1) is 5.92 Å². The Kier molecular flexibility index (Phi) is 17.2. The molecule has 1 saturated heterocycles. The molecule has 6 atom stereocenters. The van der Waals surface area contributed by atoms with Crippen molar-refractivity contribution in [1.29, 1.82) is 0 Å². The maximum atomic E-state index is 14.8. The van der Waals surface area contributed by atoms with E-state index in [0.29, 0.717) is 25.1 Å². The molecule has 6 amide bonds. The van der Waals surface area contributed by atoms with Crippen LogP contribution in [0.25, 0.3) is 21.8 Å². The summed E-state index contributed by atoms with van der Waals surface area (Å²) in [6.07, 6.45) is 8.85. The first-order valence-corrected chi connectivity index (χ1v) is 23.9. The van der Waals surface area contributed by atoms with Crippen LogP contribution in [0.1, 0.15) is 62.6 Å². The minimum Gasteiger partial charge on any atom is -0.368 e. The smallest absolute Gasteiger partial charge is 0.243 e. The molecule has 3 heterocycles. The molecular weight excluding hydrogens is 843 g/mol. The summed E-state index contributed by atoms with van der Waals surface area (Å²) in [4.78, 5) is 92.4. The van der Waals surface area contributed by atoms with E-state index in [4.69, 9.17) is 5.73 Å². The number of carbonyl (C=O) groups is 6. The maximum absolute atomic E-state index is 14.8. The Morgan fingerprint density at radius 3 is 1.82 bits per heavy atom. The summed E-state index contributed by atoms with van der Waals surface area (Å²) in [6.45, 7) is 4.53. The van der Waals surface area contributed by atoms with Gasteiger partial charge in [-0.25, -0.2) is 0 Å². The minimum atomic E-state index is -1.22. The van der Waals surface area contributed by atoms with Crippen LogP contribution in [-0.4, -0.2) is 112 Å². The molecule has 0 aliphatic carbocycles. The number of primary amides is 1. The van der Waals surface area contributed by atoms with E-state index in [1.165, 1.54) is 16.7 Å². The highest BCUT2D eigenvalue weighted by molar-refractivity contribution is 7.98. The highest BCUT2D eigenvalue weighted by Crippen LogP contribution is 2.23. The van der Waals surface area contributed by atoms with E-state index in [2.05, 4.69) is 36.6 Å². The molecule has 0 spiro atoms. The van der Waals surface area contributed by atoms with Crippen LogP contribution >= 0.6 is 11.8 Å². The van der Waals surface area contributed by atoms with Crippen molar-refractivity contribution in [1.82, 2.24) is 41.5 Å². The van der Waals surface area contributed by atoms with Gasteiger partial charge in [0.25, 0.3) is 0 Å². The van der Waals surface area contributed by atoms with Gasteiger partial charge in [-0.05, 0) is 79.0 Å². The zero-order valence-corrected chi connectivity index (χ0v) is 38.5. The second-order valence-corrected chi connectivity index (χ2v) is 18.3. The molecule has 6 rings (SSSR count). The molecule has 65 heavy (non-hydrogen) atoms.